The highest BCUT2D eigenvalue weighted by molar-refractivity contribution is 6.45. The van der Waals surface area contributed by atoms with Crippen LogP contribution in [0.5, 0.6) is 0 Å². The Morgan fingerprint density at radius 3 is 2.30 bits per heavy atom. The lowest BCUT2D eigenvalue weighted by molar-refractivity contribution is -0.144. The van der Waals surface area contributed by atoms with Gasteiger partial charge >= 0.3 is 17.8 Å². The molecule has 160 valence electrons. The molecule has 1 saturated heterocycles. The van der Waals surface area contributed by atoms with Gasteiger partial charge in [0.15, 0.2) is 0 Å². The summed E-state index contributed by atoms with van der Waals surface area (Å²) in [4.78, 5) is 52.5. The van der Waals surface area contributed by atoms with Crippen molar-refractivity contribution in [1.82, 2.24) is 9.80 Å². The highest BCUT2D eigenvalue weighted by Crippen LogP contribution is 2.50. The van der Waals surface area contributed by atoms with E-state index in [0.717, 1.165) is 45.8 Å². The van der Waals surface area contributed by atoms with Crippen LogP contribution in [-0.4, -0.2) is 46.1 Å². The van der Waals surface area contributed by atoms with Gasteiger partial charge < -0.3 is 5.32 Å². The number of nitrogens with zero attached hydrogens (tertiary/aromatic N) is 2. The van der Waals surface area contributed by atoms with Gasteiger partial charge in [0, 0.05) is 11.7 Å². The van der Waals surface area contributed by atoms with Gasteiger partial charge in [-0.2, -0.15) is 0 Å². The van der Waals surface area contributed by atoms with Crippen molar-refractivity contribution in [3.05, 3.63) is 28.8 Å². The Balaban J connectivity index is 1.46. The molecule has 3 fully saturated rings. The number of carbonyl (C=O) groups is 4. The molecule has 30 heavy (non-hydrogen) atoms. The molecule has 4 atom stereocenters. The first-order chi connectivity index (χ1) is 14.2. The van der Waals surface area contributed by atoms with E-state index >= 15 is 0 Å². The van der Waals surface area contributed by atoms with Gasteiger partial charge in [-0.1, -0.05) is 24.1 Å². The van der Waals surface area contributed by atoms with E-state index in [9.17, 15) is 19.2 Å². The van der Waals surface area contributed by atoms with Gasteiger partial charge in [-0.3, -0.25) is 19.3 Å². The molecule has 7 heteroatoms. The number of aryl methyl sites for hydroxylation is 3. The van der Waals surface area contributed by atoms with E-state index in [4.69, 9.17) is 0 Å². The zero-order chi connectivity index (χ0) is 21.7. The Labute approximate surface area is 176 Å². The number of benzene rings is 1. The van der Waals surface area contributed by atoms with E-state index < -0.39 is 30.3 Å². The predicted octanol–water partition coefficient (Wildman–Crippen LogP) is 3.17. The van der Waals surface area contributed by atoms with Gasteiger partial charge in [0.25, 0.3) is 0 Å². The molecule has 1 aromatic rings. The van der Waals surface area contributed by atoms with E-state index in [1.807, 2.05) is 39.8 Å². The fourth-order valence-electron chi connectivity index (χ4n) is 5.80. The number of hydrogen-bond acceptors (Lipinski definition) is 4. The topological polar surface area (TPSA) is 86.8 Å². The lowest BCUT2D eigenvalue weighted by atomic mass is 9.83. The smallest absolute Gasteiger partial charge is 0.324 e. The maximum atomic E-state index is 12.9. The van der Waals surface area contributed by atoms with E-state index in [-0.39, 0.29) is 12.0 Å². The van der Waals surface area contributed by atoms with E-state index in [0.29, 0.717) is 17.5 Å². The Morgan fingerprint density at radius 1 is 1.07 bits per heavy atom. The highest BCUT2D eigenvalue weighted by Gasteiger charge is 2.52. The molecule has 1 heterocycles. The summed E-state index contributed by atoms with van der Waals surface area (Å²) in [5.41, 5.74) is 3.57. The summed E-state index contributed by atoms with van der Waals surface area (Å²) in [6.07, 6.45) is 4.51. The molecule has 2 bridgehead atoms. The monoisotopic (exact) mass is 411 g/mol. The third kappa shape index (κ3) is 3.40. The third-order valence-corrected chi connectivity index (χ3v) is 7.15. The third-order valence-electron chi connectivity index (χ3n) is 7.15. The number of amides is 5. The second kappa shape index (κ2) is 7.52. The number of nitrogens with one attached hydrogen (secondary N) is 1. The van der Waals surface area contributed by atoms with Crippen LogP contribution in [0.3, 0.4) is 0 Å². The van der Waals surface area contributed by atoms with Crippen LogP contribution in [0.1, 0.15) is 49.3 Å². The number of fused-ring (bicyclic) bond motifs is 2. The molecule has 1 aromatic carbocycles. The molecular formula is C23H29N3O4. The summed E-state index contributed by atoms with van der Waals surface area (Å²) in [6.45, 7) is 7.16. The molecule has 3 aliphatic rings. The van der Waals surface area contributed by atoms with Crippen LogP contribution in [0.15, 0.2) is 12.1 Å². The van der Waals surface area contributed by atoms with Crippen molar-refractivity contribution in [2.24, 2.45) is 17.8 Å². The molecule has 2 saturated carbocycles. The quantitative estimate of drug-likeness (QED) is 0.596. The summed E-state index contributed by atoms with van der Waals surface area (Å²) < 4.78 is 0. The minimum absolute atomic E-state index is 0.246. The van der Waals surface area contributed by atoms with Crippen molar-refractivity contribution < 1.29 is 19.2 Å². The van der Waals surface area contributed by atoms with Crippen molar-refractivity contribution in [3.8, 4) is 0 Å². The normalized spacial score (nSPS) is 26.7. The van der Waals surface area contributed by atoms with Gasteiger partial charge in [0.1, 0.15) is 6.54 Å². The lowest BCUT2D eigenvalue weighted by Crippen LogP contribution is -2.45. The molecule has 2 aliphatic carbocycles. The minimum atomic E-state index is -0.914. The largest absolute Gasteiger partial charge is 0.334 e. The highest BCUT2D eigenvalue weighted by atomic mass is 16.2. The molecule has 0 aromatic heterocycles. The van der Waals surface area contributed by atoms with Gasteiger partial charge in [0.2, 0.25) is 5.91 Å². The molecule has 7 nitrogen and oxygen atoms in total. The predicted molar refractivity (Wildman–Crippen MR) is 112 cm³/mol. The number of carbonyl (C=O) groups excluding carboxylic acids is 4. The van der Waals surface area contributed by atoms with Gasteiger partial charge in [-0.25, -0.2) is 9.69 Å². The van der Waals surface area contributed by atoms with Crippen molar-refractivity contribution >= 4 is 29.4 Å². The zero-order valence-corrected chi connectivity index (χ0v) is 18.0. The fourth-order valence-corrected chi connectivity index (χ4v) is 5.80. The van der Waals surface area contributed by atoms with Crippen LogP contribution in [0.2, 0.25) is 0 Å². The minimum Gasteiger partial charge on any atom is -0.324 e. The van der Waals surface area contributed by atoms with Gasteiger partial charge in [-0.05, 0) is 75.8 Å². The van der Waals surface area contributed by atoms with Crippen molar-refractivity contribution in [3.63, 3.8) is 0 Å². The first-order valence-electron chi connectivity index (χ1n) is 10.7. The van der Waals surface area contributed by atoms with Crippen LogP contribution < -0.4 is 5.32 Å². The number of anilines is 1. The molecule has 0 unspecified atom stereocenters. The number of rotatable bonds is 5. The van der Waals surface area contributed by atoms with E-state index in [2.05, 4.69) is 5.32 Å². The lowest BCUT2D eigenvalue weighted by Gasteiger charge is -2.32. The first-order valence-corrected chi connectivity index (χ1v) is 10.7. The van der Waals surface area contributed by atoms with Gasteiger partial charge in [0.05, 0.1) is 0 Å². The summed E-state index contributed by atoms with van der Waals surface area (Å²) in [5.74, 6) is -0.780. The molecule has 5 amide bonds. The first kappa shape index (κ1) is 20.6. The SMILES string of the molecule is Cc1cc(C)c(NC(=O)CN2C(=O)C(=O)N([C@@H](C)[C@@H]3C[C@H]4CC[C@H]3C4)C2=O)c(C)c1. The number of hydrogen-bond donors (Lipinski definition) is 1. The van der Waals surface area contributed by atoms with E-state index in [1.165, 1.54) is 6.42 Å². The van der Waals surface area contributed by atoms with Crippen LogP contribution in [0.25, 0.3) is 0 Å². The van der Waals surface area contributed by atoms with E-state index in [1.54, 1.807) is 0 Å². The maximum Gasteiger partial charge on any atom is 0.334 e. The molecule has 1 N–H and O–H groups in total. The zero-order valence-electron chi connectivity index (χ0n) is 18.0. The van der Waals surface area contributed by atoms with Gasteiger partial charge in [-0.15, -0.1) is 0 Å². The second-order valence-electron chi connectivity index (χ2n) is 9.25. The summed E-state index contributed by atoms with van der Waals surface area (Å²) in [6, 6.07) is 2.92. The molecular weight excluding hydrogens is 382 g/mol. The average Bonchev–Trinajstić information content (AvgIpc) is 3.36. The fraction of sp³-hybridized carbons (Fsp3) is 0.565. The summed E-state index contributed by atoms with van der Waals surface area (Å²) >= 11 is 0. The van der Waals surface area contributed by atoms with Crippen LogP contribution in [0, 0.1) is 38.5 Å². The van der Waals surface area contributed by atoms with Crippen molar-refractivity contribution in [2.45, 2.75) is 59.4 Å². The average molecular weight is 412 g/mol. The van der Waals surface area contributed by atoms with Crippen molar-refractivity contribution in [2.75, 3.05) is 11.9 Å². The molecule has 0 radical (unpaired) electrons. The van der Waals surface area contributed by atoms with Crippen molar-refractivity contribution in [1.29, 1.82) is 0 Å². The Kier molecular flexibility index (Phi) is 5.16. The second-order valence-corrected chi connectivity index (χ2v) is 9.25. The number of imide groups is 2. The Hall–Kier alpha value is -2.70. The molecule has 1 aliphatic heterocycles. The van der Waals surface area contributed by atoms with Crippen LogP contribution in [-0.2, 0) is 14.4 Å². The Bertz CT molecular complexity index is 917. The maximum absolute atomic E-state index is 12.9. The summed E-state index contributed by atoms with van der Waals surface area (Å²) in [5, 5.41) is 2.79. The van der Waals surface area contributed by atoms with Crippen LogP contribution >= 0.6 is 0 Å². The molecule has 0 spiro atoms. The number of urea groups is 1. The standard InChI is InChI=1S/C23H29N3O4/c1-12-7-13(2)20(14(3)8-12)24-19(27)11-25-21(28)22(29)26(23(25)30)15(4)18-10-16-5-6-17(18)9-16/h7-8,15-18H,5-6,9-11H2,1-4H3,(H,24,27)/t15-,16-,17-,18-/m0/s1. The summed E-state index contributed by atoms with van der Waals surface area (Å²) in [7, 11) is 0. The Morgan fingerprint density at radius 2 is 1.73 bits per heavy atom. The van der Waals surface area contributed by atoms with Crippen LogP contribution in [0.4, 0.5) is 10.5 Å². The molecule has 4 rings (SSSR count).